The number of aliphatic hydroxyl groups is 1. The number of nitrogen functional groups attached to an aromatic ring is 1. The van der Waals surface area contributed by atoms with Crippen molar-refractivity contribution in [3.8, 4) is 0 Å². The van der Waals surface area contributed by atoms with Gasteiger partial charge in [-0.2, -0.15) is 0 Å². The van der Waals surface area contributed by atoms with Crippen LogP contribution < -0.4 is 5.73 Å². The van der Waals surface area contributed by atoms with E-state index in [2.05, 4.69) is 4.98 Å². The zero-order valence-corrected chi connectivity index (χ0v) is 8.27. The van der Waals surface area contributed by atoms with Gasteiger partial charge in [0.1, 0.15) is 11.9 Å². The van der Waals surface area contributed by atoms with Crippen molar-refractivity contribution in [1.29, 1.82) is 0 Å². The summed E-state index contributed by atoms with van der Waals surface area (Å²) < 4.78 is 0. The second-order valence-electron chi connectivity index (χ2n) is 3.49. The summed E-state index contributed by atoms with van der Waals surface area (Å²) in [7, 11) is 0. The van der Waals surface area contributed by atoms with Crippen molar-refractivity contribution in [1.82, 2.24) is 4.98 Å². The van der Waals surface area contributed by atoms with E-state index in [-0.39, 0.29) is 23.1 Å². The first-order chi connectivity index (χ1) is 6.54. The molecule has 0 spiro atoms. The van der Waals surface area contributed by atoms with Gasteiger partial charge in [-0.1, -0.05) is 13.8 Å². The van der Waals surface area contributed by atoms with Crippen molar-refractivity contribution in [2.45, 2.75) is 20.0 Å². The number of hydrogen-bond donors (Lipinski definition) is 2. The van der Waals surface area contributed by atoms with Gasteiger partial charge in [0.2, 0.25) is 0 Å². The van der Waals surface area contributed by atoms with Crippen LogP contribution in [0, 0.1) is 5.92 Å². The first-order valence-corrected chi connectivity index (χ1v) is 4.46. The van der Waals surface area contributed by atoms with Crippen molar-refractivity contribution in [3.63, 3.8) is 0 Å². The maximum Gasteiger partial charge on any atom is 0.195 e. The molecular weight excluding hydrogens is 180 g/mol. The van der Waals surface area contributed by atoms with Crippen LogP contribution >= 0.6 is 0 Å². The number of Topliss-reactive ketones (excluding diaryl/α,β-unsaturated/α-hetero) is 1. The number of aromatic nitrogens is 1. The number of carbonyl (C=O) groups excluding carboxylic acids is 1. The third-order valence-corrected chi connectivity index (χ3v) is 2.00. The van der Waals surface area contributed by atoms with Gasteiger partial charge in [-0.3, -0.25) is 4.79 Å². The molecule has 0 amide bonds. The van der Waals surface area contributed by atoms with Crippen LogP contribution in [0.15, 0.2) is 18.3 Å². The molecule has 0 aliphatic rings. The standard InChI is InChI=1S/C10H14N2O2/c1-6(2)8(13)9(14)7-4-3-5-12-10(7)11/h3-6,8,13H,1-2H3,(H2,11,12). The van der Waals surface area contributed by atoms with Crippen LogP contribution in [-0.2, 0) is 0 Å². The van der Waals surface area contributed by atoms with Gasteiger partial charge in [0.15, 0.2) is 5.78 Å². The Balaban J connectivity index is 2.95. The molecule has 1 aromatic heterocycles. The van der Waals surface area contributed by atoms with Crippen molar-refractivity contribution in [2.24, 2.45) is 5.92 Å². The molecule has 1 heterocycles. The van der Waals surface area contributed by atoms with E-state index >= 15 is 0 Å². The Labute approximate surface area is 82.8 Å². The lowest BCUT2D eigenvalue weighted by Gasteiger charge is -2.13. The summed E-state index contributed by atoms with van der Waals surface area (Å²) in [5.74, 6) is -0.329. The van der Waals surface area contributed by atoms with Crippen molar-refractivity contribution < 1.29 is 9.90 Å². The normalized spacial score (nSPS) is 12.9. The molecule has 0 bridgehead atoms. The Hall–Kier alpha value is -1.42. The molecule has 1 atom stereocenters. The molecule has 1 rings (SSSR count). The summed E-state index contributed by atoms with van der Waals surface area (Å²) in [6, 6.07) is 3.19. The molecule has 1 unspecified atom stereocenters. The quantitative estimate of drug-likeness (QED) is 0.700. The number of anilines is 1. The maximum absolute atomic E-state index is 11.6. The number of ketones is 1. The largest absolute Gasteiger partial charge is 0.385 e. The Kier molecular flexibility index (Phi) is 3.19. The van der Waals surface area contributed by atoms with Gasteiger partial charge in [-0.05, 0) is 18.1 Å². The molecule has 0 radical (unpaired) electrons. The second-order valence-corrected chi connectivity index (χ2v) is 3.49. The SMILES string of the molecule is CC(C)C(O)C(=O)c1cccnc1N. The topological polar surface area (TPSA) is 76.2 Å². The van der Waals surface area contributed by atoms with Crippen molar-refractivity contribution in [2.75, 3.05) is 5.73 Å². The van der Waals surface area contributed by atoms with E-state index in [0.29, 0.717) is 0 Å². The average molecular weight is 194 g/mol. The van der Waals surface area contributed by atoms with Crippen LogP contribution in [0.1, 0.15) is 24.2 Å². The summed E-state index contributed by atoms with van der Waals surface area (Å²) in [4.78, 5) is 15.4. The molecule has 76 valence electrons. The Morgan fingerprint density at radius 1 is 1.57 bits per heavy atom. The summed E-state index contributed by atoms with van der Waals surface area (Å²) >= 11 is 0. The molecule has 4 heteroatoms. The summed E-state index contributed by atoms with van der Waals surface area (Å²) in [5.41, 5.74) is 5.80. The lowest BCUT2D eigenvalue weighted by Crippen LogP contribution is -2.27. The van der Waals surface area contributed by atoms with Gasteiger partial charge < -0.3 is 10.8 Å². The molecule has 0 aromatic carbocycles. The summed E-state index contributed by atoms with van der Waals surface area (Å²) in [6.45, 7) is 3.55. The Bertz CT molecular complexity index is 337. The average Bonchev–Trinajstić information content (AvgIpc) is 2.16. The summed E-state index contributed by atoms with van der Waals surface area (Å²) in [6.07, 6.45) is 0.495. The highest BCUT2D eigenvalue weighted by atomic mass is 16.3. The molecule has 4 nitrogen and oxygen atoms in total. The van der Waals surface area contributed by atoms with Crippen LogP contribution in [0.4, 0.5) is 5.82 Å². The van der Waals surface area contributed by atoms with E-state index in [4.69, 9.17) is 5.73 Å². The zero-order valence-electron chi connectivity index (χ0n) is 8.27. The van der Waals surface area contributed by atoms with Crippen LogP contribution in [0.2, 0.25) is 0 Å². The molecule has 1 aromatic rings. The fourth-order valence-corrected chi connectivity index (χ4v) is 1.09. The fourth-order valence-electron chi connectivity index (χ4n) is 1.09. The van der Waals surface area contributed by atoms with E-state index in [9.17, 15) is 9.90 Å². The smallest absolute Gasteiger partial charge is 0.195 e. The predicted molar refractivity (Wildman–Crippen MR) is 53.8 cm³/mol. The number of pyridine rings is 1. The molecule has 0 aliphatic heterocycles. The van der Waals surface area contributed by atoms with Gasteiger partial charge in [0.05, 0.1) is 5.56 Å². The van der Waals surface area contributed by atoms with E-state index in [0.717, 1.165) is 0 Å². The summed E-state index contributed by atoms with van der Waals surface area (Å²) in [5, 5.41) is 9.54. The fraction of sp³-hybridized carbons (Fsp3) is 0.400. The monoisotopic (exact) mass is 194 g/mol. The van der Waals surface area contributed by atoms with Gasteiger partial charge in [-0.25, -0.2) is 4.98 Å². The van der Waals surface area contributed by atoms with E-state index in [1.165, 1.54) is 6.20 Å². The third kappa shape index (κ3) is 2.09. The van der Waals surface area contributed by atoms with E-state index in [1.807, 2.05) is 0 Å². The van der Waals surface area contributed by atoms with Gasteiger partial charge in [-0.15, -0.1) is 0 Å². The number of rotatable bonds is 3. The highest BCUT2D eigenvalue weighted by Crippen LogP contribution is 2.14. The highest BCUT2D eigenvalue weighted by Gasteiger charge is 2.22. The third-order valence-electron chi connectivity index (χ3n) is 2.00. The zero-order chi connectivity index (χ0) is 10.7. The molecule has 0 saturated carbocycles. The van der Waals surface area contributed by atoms with Gasteiger partial charge >= 0.3 is 0 Å². The van der Waals surface area contributed by atoms with Gasteiger partial charge in [0.25, 0.3) is 0 Å². The van der Waals surface area contributed by atoms with E-state index in [1.54, 1.807) is 26.0 Å². The molecule has 0 saturated heterocycles. The van der Waals surface area contributed by atoms with Gasteiger partial charge in [0, 0.05) is 6.20 Å². The second kappa shape index (κ2) is 4.19. The number of nitrogens with zero attached hydrogens (tertiary/aromatic N) is 1. The first kappa shape index (κ1) is 10.7. The van der Waals surface area contributed by atoms with E-state index < -0.39 is 6.10 Å². The van der Waals surface area contributed by atoms with Crippen LogP contribution in [0.25, 0.3) is 0 Å². The predicted octanol–water partition coefficient (Wildman–Crippen LogP) is 0.863. The lowest BCUT2D eigenvalue weighted by atomic mass is 9.98. The Morgan fingerprint density at radius 2 is 2.21 bits per heavy atom. The number of hydrogen-bond acceptors (Lipinski definition) is 4. The minimum absolute atomic E-state index is 0.123. The maximum atomic E-state index is 11.6. The van der Waals surface area contributed by atoms with Crippen LogP contribution in [0.3, 0.4) is 0 Å². The lowest BCUT2D eigenvalue weighted by molar-refractivity contribution is 0.0648. The van der Waals surface area contributed by atoms with Crippen molar-refractivity contribution >= 4 is 11.6 Å². The van der Waals surface area contributed by atoms with Crippen LogP contribution in [0.5, 0.6) is 0 Å². The molecular formula is C10H14N2O2. The van der Waals surface area contributed by atoms with Crippen LogP contribution in [-0.4, -0.2) is 22.0 Å². The highest BCUT2D eigenvalue weighted by molar-refractivity contribution is 6.02. The minimum atomic E-state index is -1.01. The minimum Gasteiger partial charge on any atom is -0.385 e. The first-order valence-electron chi connectivity index (χ1n) is 4.46. The Morgan fingerprint density at radius 3 is 2.71 bits per heavy atom. The molecule has 14 heavy (non-hydrogen) atoms. The number of nitrogens with two attached hydrogens (primary N) is 1. The number of carbonyl (C=O) groups is 1. The molecule has 0 aliphatic carbocycles. The molecule has 0 fully saturated rings. The number of aliphatic hydroxyl groups excluding tert-OH is 1. The molecule has 3 N–H and O–H groups in total. The van der Waals surface area contributed by atoms with Crippen molar-refractivity contribution in [3.05, 3.63) is 23.9 Å².